The fourth-order valence-corrected chi connectivity index (χ4v) is 2.79. The molecule has 2 nitrogen and oxygen atoms in total. The summed E-state index contributed by atoms with van der Waals surface area (Å²) in [6.07, 6.45) is 0. The Morgan fingerprint density at radius 2 is 1.95 bits per heavy atom. The third-order valence-electron chi connectivity index (χ3n) is 3.89. The minimum Gasteiger partial charge on any atom is -0.368 e. The van der Waals surface area contributed by atoms with Crippen LogP contribution in [0.2, 0.25) is 5.02 Å². The molecule has 0 amide bonds. The Kier molecular flexibility index (Phi) is 5.27. The smallest absolute Gasteiger partial charge is 0.0511 e. The van der Waals surface area contributed by atoms with Crippen LogP contribution in [-0.2, 0) is 6.54 Å². The topological polar surface area (TPSA) is 15.3 Å². The van der Waals surface area contributed by atoms with Crippen LogP contribution >= 0.6 is 11.6 Å². The highest BCUT2D eigenvalue weighted by Crippen LogP contribution is 2.29. The van der Waals surface area contributed by atoms with Crippen LogP contribution in [0.3, 0.4) is 0 Å². The van der Waals surface area contributed by atoms with Gasteiger partial charge in [0.25, 0.3) is 0 Å². The summed E-state index contributed by atoms with van der Waals surface area (Å²) in [5, 5.41) is 4.03. The molecule has 1 N–H and O–H groups in total. The van der Waals surface area contributed by atoms with Gasteiger partial charge >= 0.3 is 0 Å². The van der Waals surface area contributed by atoms with Gasteiger partial charge in [0.1, 0.15) is 0 Å². The zero-order valence-corrected chi connectivity index (χ0v) is 13.9. The number of halogens is 1. The molecule has 1 atom stereocenters. The molecule has 3 heteroatoms. The second kappa shape index (κ2) is 6.97. The van der Waals surface area contributed by atoms with E-state index >= 15 is 0 Å². The van der Waals surface area contributed by atoms with Crippen LogP contribution in [0.15, 0.2) is 42.5 Å². The van der Waals surface area contributed by atoms with Crippen molar-refractivity contribution < 1.29 is 0 Å². The Morgan fingerprint density at radius 3 is 2.62 bits per heavy atom. The van der Waals surface area contributed by atoms with Crippen molar-refractivity contribution in [3.63, 3.8) is 0 Å². The predicted octanol–water partition coefficient (Wildman–Crippen LogP) is 4.57. The molecule has 0 radical (unpaired) electrons. The van der Waals surface area contributed by atoms with Crippen molar-refractivity contribution in [1.29, 1.82) is 0 Å². The summed E-state index contributed by atoms with van der Waals surface area (Å²) in [7, 11) is 4.11. The third kappa shape index (κ3) is 3.78. The first kappa shape index (κ1) is 15.9. The maximum Gasteiger partial charge on any atom is 0.0511 e. The molecule has 0 heterocycles. The summed E-state index contributed by atoms with van der Waals surface area (Å²) in [6, 6.07) is 14.9. The highest BCUT2D eigenvalue weighted by atomic mass is 35.5. The summed E-state index contributed by atoms with van der Waals surface area (Å²) in [5.74, 6) is 0. The first-order valence-electron chi connectivity index (χ1n) is 7.25. The van der Waals surface area contributed by atoms with Crippen molar-refractivity contribution in [2.75, 3.05) is 19.0 Å². The minimum atomic E-state index is 0.266. The van der Waals surface area contributed by atoms with E-state index in [1.807, 2.05) is 25.2 Å². The Bertz CT molecular complexity index is 610. The molecule has 0 spiro atoms. The molecule has 0 aliphatic carbocycles. The van der Waals surface area contributed by atoms with Crippen molar-refractivity contribution >= 4 is 17.3 Å². The molecule has 0 saturated heterocycles. The summed E-state index contributed by atoms with van der Waals surface area (Å²) in [5.41, 5.74) is 5.07. The normalized spacial score (nSPS) is 12.2. The van der Waals surface area contributed by atoms with Crippen molar-refractivity contribution in [3.8, 4) is 0 Å². The summed E-state index contributed by atoms with van der Waals surface area (Å²) >= 11 is 6.11. The van der Waals surface area contributed by atoms with E-state index in [1.165, 1.54) is 22.4 Å². The monoisotopic (exact) mass is 302 g/mol. The maximum absolute atomic E-state index is 6.11. The maximum atomic E-state index is 6.11. The predicted molar refractivity (Wildman–Crippen MR) is 92.2 cm³/mol. The van der Waals surface area contributed by atoms with Crippen LogP contribution < -0.4 is 10.2 Å². The van der Waals surface area contributed by atoms with E-state index in [9.17, 15) is 0 Å². The number of nitrogens with zero attached hydrogens (tertiary/aromatic N) is 1. The molecule has 112 valence electrons. The molecule has 0 aliphatic heterocycles. The van der Waals surface area contributed by atoms with Gasteiger partial charge in [-0.2, -0.15) is 0 Å². The fourth-order valence-electron chi connectivity index (χ4n) is 2.59. The van der Waals surface area contributed by atoms with Crippen LogP contribution in [0.4, 0.5) is 5.69 Å². The van der Waals surface area contributed by atoms with E-state index in [-0.39, 0.29) is 6.04 Å². The molecule has 0 aliphatic rings. The lowest BCUT2D eigenvalue weighted by atomic mass is 10.0. The van der Waals surface area contributed by atoms with Gasteiger partial charge in [0.2, 0.25) is 0 Å². The average molecular weight is 303 g/mol. The van der Waals surface area contributed by atoms with E-state index in [2.05, 4.69) is 55.4 Å². The van der Waals surface area contributed by atoms with Crippen molar-refractivity contribution in [2.24, 2.45) is 0 Å². The number of hydrogen-bond donors (Lipinski definition) is 1. The average Bonchev–Trinajstić information content (AvgIpc) is 2.46. The quantitative estimate of drug-likeness (QED) is 0.870. The first-order chi connectivity index (χ1) is 10.0. The van der Waals surface area contributed by atoms with Gasteiger partial charge in [0, 0.05) is 24.3 Å². The second-order valence-electron chi connectivity index (χ2n) is 5.50. The Morgan fingerprint density at radius 1 is 1.19 bits per heavy atom. The number of hydrogen-bond acceptors (Lipinski definition) is 2. The van der Waals surface area contributed by atoms with Crippen LogP contribution in [-0.4, -0.2) is 14.1 Å². The summed E-state index contributed by atoms with van der Waals surface area (Å²) in [4.78, 5) is 2.30. The first-order valence-corrected chi connectivity index (χ1v) is 7.63. The van der Waals surface area contributed by atoms with Gasteiger partial charge in [-0.15, -0.1) is 0 Å². The van der Waals surface area contributed by atoms with Crippen LogP contribution in [0.1, 0.15) is 29.7 Å². The van der Waals surface area contributed by atoms with Crippen LogP contribution in [0, 0.1) is 6.92 Å². The van der Waals surface area contributed by atoms with Gasteiger partial charge in [-0.1, -0.05) is 41.4 Å². The molecule has 0 saturated carbocycles. The summed E-state index contributed by atoms with van der Waals surface area (Å²) < 4.78 is 0. The lowest BCUT2D eigenvalue weighted by Gasteiger charge is -2.30. The molecule has 21 heavy (non-hydrogen) atoms. The van der Waals surface area contributed by atoms with E-state index in [1.54, 1.807) is 0 Å². The Labute approximate surface area is 132 Å². The highest BCUT2D eigenvalue weighted by molar-refractivity contribution is 6.30. The van der Waals surface area contributed by atoms with Crippen molar-refractivity contribution in [3.05, 3.63) is 64.2 Å². The molecule has 2 aromatic rings. The SMILES string of the molecule is CNCc1cc(C)ccc1N(C)C(C)c1cccc(Cl)c1. The fraction of sp³-hybridized carbons (Fsp3) is 0.333. The van der Waals surface area contributed by atoms with E-state index in [0.717, 1.165) is 11.6 Å². The largest absolute Gasteiger partial charge is 0.368 e. The van der Waals surface area contributed by atoms with E-state index in [0.29, 0.717) is 0 Å². The number of aryl methyl sites for hydroxylation is 1. The molecular formula is C18H23ClN2. The molecule has 0 aromatic heterocycles. The van der Waals surface area contributed by atoms with Gasteiger partial charge in [0.05, 0.1) is 6.04 Å². The zero-order valence-electron chi connectivity index (χ0n) is 13.2. The van der Waals surface area contributed by atoms with Gasteiger partial charge in [-0.3, -0.25) is 0 Å². The van der Waals surface area contributed by atoms with Gasteiger partial charge < -0.3 is 10.2 Å². The second-order valence-corrected chi connectivity index (χ2v) is 5.94. The molecular weight excluding hydrogens is 280 g/mol. The minimum absolute atomic E-state index is 0.266. The molecule has 0 bridgehead atoms. The van der Waals surface area contributed by atoms with E-state index < -0.39 is 0 Å². The number of anilines is 1. The molecule has 2 rings (SSSR count). The molecule has 1 unspecified atom stereocenters. The third-order valence-corrected chi connectivity index (χ3v) is 4.13. The van der Waals surface area contributed by atoms with E-state index in [4.69, 9.17) is 11.6 Å². The molecule has 2 aromatic carbocycles. The lowest BCUT2D eigenvalue weighted by molar-refractivity contribution is 0.726. The number of nitrogens with one attached hydrogen (secondary N) is 1. The highest BCUT2D eigenvalue weighted by Gasteiger charge is 2.15. The Hall–Kier alpha value is -1.51. The van der Waals surface area contributed by atoms with Crippen molar-refractivity contribution in [1.82, 2.24) is 5.32 Å². The lowest BCUT2D eigenvalue weighted by Crippen LogP contribution is -2.23. The van der Waals surface area contributed by atoms with Gasteiger partial charge in [-0.05, 0) is 50.2 Å². The Balaban J connectivity index is 2.32. The molecule has 0 fully saturated rings. The summed E-state index contributed by atoms with van der Waals surface area (Å²) in [6.45, 7) is 5.20. The number of benzene rings is 2. The number of rotatable bonds is 5. The van der Waals surface area contributed by atoms with Crippen LogP contribution in [0.5, 0.6) is 0 Å². The van der Waals surface area contributed by atoms with Crippen molar-refractivity contribution in [2.45, 2.75) is 26.4 Å². The van der Waals surface area contributed by atoms with Crippen LogP contribution in [0.25, 0.3) is 0 Å². The zero-order chi connectivity index (χ0) is 15.4. The standard InChI is InChI=1S/C18H23ClN2/c1-13-8-9-18(16(10-13)12-20-3)21(4)14(2)15-6-5-7-17(19)11-15/h5-11,14,20H,12H2,1-4H3. The van der Waals surface area contributed by atoms with Gasteiger partial charge in [0.15, 0.2) is 0 Å². The van der Waals surface area contributed by atoms with Gasteiger partial charge in [-0.25, -0.2) is 0 Å².